The van der Waals surface area contributed by atoms with Crippen LogP contribution in [0.4, 0.5) is 9.18 Å². The molecule has 5 heteroatoms. The molecule has 2 rings (SSSR count). The molecule has 0 saturated carbocycles. The molecule has 1 heterocycles. The summed E-state index contributed by atoms with van der Waals surface area (Å²) in [5, 5.41) is 5.65. The van der Waals surface area contributed by atoms with Crippen molar-refractivity contribution in [3.05, 3.63) is 59.3 Å². The Bertz CT molecular complexity index is 611. The average Bonchev–Trinajstić information content (AvgIpc) is 3.00. The summed E-state index contributed by atoms with van der Waals surface area (Å²) in [5.74, 6) is 0.676. The number of carbonyl (C=O) groups excluding carboxylic acids is 1. The Labute approximate surface area is 129 Å². The Kier molecular flexibility index (Phi) is 5.58. The lowest BCUT2D eigenvalue weighted by Crippen LogP contribution is -2.40. The molecule has 2 N–H and O–H groups in total. The highest BCUT2D eigenvalue weighted by atomic mass is 19.1. The molecule has 2 aromatic rings. The molecule has 4 nitrogen and oxygen atoms in total. The van der Waals surface area contributed by atoms with Gasteiger partial charge in [-0.3, -0.25) is 0 Å². The number of carbonyl (C=O) groups is 1. The molecule has 0 aliphatic heterocycles. The molecule has 0 aliphatic rings. The third kappa shape index (κ3) is 4.91. The highest BCUT2D eigenvalue weighted by molar-refractivity contribution is 5.74. The predicted octanol–water partition coefficient (Wildman–Crippen LogP) is 3.55. The van der Waals surface area contributed by atoms with Crippen LogP contribution in [0.2, 0.25) is 0 Å². The topological polar surface area (TPSA) is 54.3 Å². The summed E-state index contributed by atoms with van der Waals surface area (Å²) in [4.78, 5) is 11.8. The van der Waals surface area contributed by atoms with Gasteiger partial charge in [0.25, 0.3) is 0 Å². The molecule has 0 bridgehead atoms. The van der Waals surface area contributed by atoms with Crippen molar-refractivity contribution < 1.29 is 13.6 Å². The van der Waals surface area contributed by atoms with E-state index in [1.54, 1.807) is 25.3 Å². The zero-order chi connectivity index (χ0) is 15.9. The van der Waals surface area contributed by atoms with Gasteiger partial charge in [-0.1, -0.05) is 12.1 Å². The molecule has 2 amide bonds. The molecule has 1 aromatic heterocycles. The van der Waals surface area contributed by atoms with Crippen LogP contribution in [0.5, 0.6) is 0 Å². The molecule has 0 fully saturated rings. The number of halogens is 1. The number of hydrogen-bond acceptors (Lipinski definition) is 2. The first-order chi connectivity index (χ1) is 10.5. The van der Waals surface area contributed by atoms with E-state index in [4.69, 9.17) is 4.42 Å². The number of furan rings is 1. The Balaban J connectivity index is 1.71. The lowest BCUT2D eigenvalue weighted by atomic mass is 10.1. The zero-order valence-corrected chi connectivity index (χ0v) is 12.9. The highest BCUT2D eigenvalue weighted by Gasteiger charge is 2.08. The number of benzene rings is 1. The van der Waals surface area contributed by atoms with Crippen molar-refractivity contribution in [1.29, 1.82) is 0 Å². The molecule has 0 saturated heterocycles. The average molecular weight is 304 g/mol. The van der Waals surface area contributed by atoms with E-state index in [-0.39, 0.29) is 17.9 Å². The van der Waals surface area contributed by atoms with Crippen molar-refractivity contribution in [3.8, 4) is 0 Å². The van der Waals surface area contributed by atoms with Gasteiger partial charge in [0.15, 0.2) is 0 Å². The van der Waals surface area contributed by atoms with Crippen LogP contribution in [0.3, 0.4) is 0 Å². The maximum Gasteiger partial charge on any atom is 0.315 e. The molecular weight excluding hydrogens is 283 g/mol. The largest absolute Gasteiger partial charge is 0.469 e. The Hall–Kier alpha value is -2.30. The number of urea groups is 1. The molecule has 0 aliphatic carbocycles. The van der Waals surface area contributed by atoms with Crippen LogP contribution in [0, 0.1) is 12.7 Å². The van der Waals surface area contributed by atoms with Crippen molar-refractivity contribution >= 4 is 6.03 Å². The lowest BCUT2D eigenvalue weighted by molar-refractivity contribution is 0.236. The second-order valence-electron chi connectivity index (χ2n) is 5.43. The van der Waals surface area contributed by atoms with Crippen LogP contribution in [-0.2, 0) is 13.0 Å². The second kappa shape index (κ2) is 7.64. The fraction of sp³-hybridized carbons (Fsp3) is 0.353. The third-order valence-electron chi connectivity index (χ3n) is 3.46. The van der Waals surface area contributed by atoms with Crippen molar-refractivity contribution in [3.63, 3.8) is 0 Å². The number of aryl methyl sites for hydroxylation is 2. The van der Waals surface area contributed by atoms with Gasteiger partial charge in [-0.05, 0) is 49.6 Å². The highest BCUT2D eigenvalue weighted by Crippen LogP contribution is 2.09. The summed E-state index contributed by atoms with van der Waals surface area (Å²) in [6.45, 7) is 4.03. The van der Waals surface area contributed by atoms with Gasteiger partial charge in [0.1, 0.15) is 11.6 Å². The minimum Gasteiger partial charge on any atom is -0.469 e. The van der Waals surface area contributed by atoms with E-state index in [0.717, 1.165) is 24.2 Å². The fourth-order valence-electron chi connectivity index (χ4n) is 2.16. The lowest BCUT2D eigenvalue weighted by Gasteiger charge is -2.14. The van der Waals surface area contributed by atoms with Crippen LogP contribution < -0.4 is 10.6 Å². The van der Waals surface area contributed by atoms with Crippen molar-refractivity contribution in [1.82, 2.24) is 10.6 Å². The van der Waals surface area contributed by atoms with Gasteiger partial charge in [0, 0.05) is 19.0 Å². The molecule has 0 radical (unpaired) electrons. The van der Waals surface area contributed by atoms with E-state index in [1.165, 1.54) is 6.07 Å². The first-order valence-electron chi connectivity index (χ1n) is 7.36. The predicted molar refractivity (Wildman–Crippen MR) is 83.0 cm³/mol. The van der Waals surface area contributed by atoms with Gasteiger partial charge < -0.3 is 15.1 Å². The molecule has 0 unspecified atom stereocenters. The normalized spacial score (nSPS) is 12.0. The van der Waals surface area contributed by atoms with Gasteiger partial charge in [-0.25, -0.2) is 9.18 Å². The van der Waals surface area contributed by atoms with Crippen LogP contribution in [0.25, 0.3) is 0 Å². The van der Waals surface area contributed by atoms with Crippen LogP contribution >= 0.6 is 0 Å². The van der Waals surface area contributed by atoms with E-state index in [9.17, 15) is 9.18 Å². The number of hydrogen-bond donors (Lipinski definition) is 2. The molecule has 118 valence electrons. The quantitative estimate of drug-likeness (QED) is 0.857. The number of rotatable bonds is 6. The molecule has 1 atom stereocenters. The van der Waals surface area contributed by atoms with Gasteiger partial charge in [-0.15, -0.1) is 0 Å². The van der Waals surface area contributed by atoms with Gasteiger partial charge in [-0.2, -0.15) is 0 Å². The van der Waals surface area contributed by atoms with E-state index in [0.29, 0.717) is 12.1 Å². The molecule has 22 heavy (non-hydrogen) atoms. The minimum atomic E-state index is -0.236. The van der Waals surface area contributed by atoms with E-state index in [2.05, 4.69) is 10.6 Å². The van der Waals surface area contributed by atoms with E-state index in [1.807, 2.05) is 19.1 Å². The van der Waals surface area contributed by atoms with Crippen molar-refractivity contribution in [2.45, 2.75) is 39.3 Å². The Morgan fingerprint density at radius 1 is 1.36 bits per heavy atom. The maximum absolute atomic E-state index is 13.2. The minimum absolute atomic E-state index is 0.0417. The van der Waals surface area contributed by atoms with Gasteiger partial charge in [0.2, 0.25) is 0 Å². The maximum atomic E-state index is 13.2. The molecule has 0 spiro atoms. The summed E-state index contributed by atoms with van der Waals surface area (Å²) in [6.07, 6.45) is 3.23. The standard InChI is InChI=1S/C17H21FN2O2/c1-12-10-14(6-8-16(12)18)11-19-17(21)20-13(2)5-7-15-4-3-9-22-15/h3-4,6,8-10,13H,5,7,11H2,1-2H3,(H2,19,20,21)/t13-/m1/s1. The smallest absolute Gasteiger partial charge is 0.315 e. The number of nitrogens with one attached hydrogen (secondary N) is 2. The first-order valence-corrected chi connectivity index (χ1v) is 7.36. The zero-order valence-electron chi connectivity index (χ0n) is 12.9. The monoisotopic (exact) mass is 304 g/mol. The fourth-order valence-corrected chi connectivity index (χ4v) is 2.16. The summed E-state index contributed by atoms with van der Waals surface area (Å²) < 4.78 is 18.4. The Morgan fingerprint density at radius 3 is 2.86 bits per heavy atom. The third-order valence-corrected chi connectivity index (χ3v) is 3.46. The van der Waals surface area contributed by atoms with Crippen LogP contribution in [0.1, 0.15) is 30.2 Å². The van der Waals surface area contributed by atoms with Crippen molar-refractivity contribution in [2.75, 3.05) is 0 Å². The summed E-state index contributed by atoms with van der Waals surface area (Å²) in [5.41, 5.74) is 1.45. The Morgan fingerprint density at radius 2 is 2.18 bits per heavy atom. The van der Waals surface area contributed by atoms with Crippen molar-refractivity contribution in [2.24, 2.45) is 0 Å². The molecular formula is C17H21FN2O2. The van der Waals surface area contributed by atoms with Crippen LogP contribution in [0.15, 0.2) is 41.0 Å². The van der Waals surface area contributed by atoms with E-state index < -0.39 is 0 Å². The van der Waals surface area contributed by atoms with Gasteiger partial charge >= 0.3 is 6.03 Å². The van der Waals surface area contributed by atoms with E-state index >= 15 is 0 Å². The first kappa shape index (κ1) is 16.1. The molecule has 1 aromatic carbocycles. The second-order valence-corrected chi connectivity index (χ2v) is 5.43. The van der Waals surface area contributed by atoms with Gasteiger partial charge in [0.05, 0.1) is 6.26 Å². The summed E-state index contributed by atoms with van der Waals surface area (Å²) in [7, 11) is 0. The SMILES string of the molecule is Cc1cc(CNC(=O)N[C@H](C)CCc2ccco2)ccc1F. The number of amides is 2. The van der Waals surface area contributed by atoms with Crippen LogP contribution in [-0.4, -0.2) is 12.1 Å². The summed E-state index contributed by atoms with van der Waals surface area (Å²) >= 11 is 0. The summed E-state index contributed by atoms with van der Waals surface area (Å²) in [6, 6.07) is 8.40.